The fourth-order valence-corrected chi connectivity index (χ4v) is 1.53. The Balaban J connectivity index is 2.45. The highest BCUT2D eigenvalue weighted by Gasteiger charge is 2.07. The van der Waals surface area contributed by atoms with Gasteiger partial charge in [-0.05, 0) is 50.1 Å². The van der Waals surface area contributed by atoms with Gasteiger partial charge in [-0.1, -0.05) is 13.0 Å². The molecule has 96 valence electrons. The second-order valence-corrected chi connectivity index (χ2v) is 4.39. The van der Waals surface area contributed by atoms with Crippen LogP contribution in [0, 0.1) is 13.8 Å². The summed E-state index contributed by atoms with van der Waals surface area (Å²) < 4.78 is 5.67. The number of hydrogen-bond acceptors (Lipinski definition) is 3. The zero-order valence-corrected chi connectivity index (χ0v) is 11.0. The predicted octanol–water partition coefficient (Wildman–Crippen LogP) is 2.04. The molecule has 0 bridgehead atoms. The number of rotatable bonds is 7. The predicted molar refractivity (Wildman–Crippen MR) is 70.6 cm³/mol. The molecule has 0 saturated carbocycles. The van der Waals surface area contributed by atoms with E-state index in [9.17, 15) is 5.11 Å². The second-order valence-electron chi connectivity index (χ2n) is 4.39. The Bertz CT molecular complexity index is 339. The Kier molecular flexibility index (Phi) is 6.01. The molecule has 2 N–H and O–H groups in total. The Morgan fingerprint density at radius 2 is 2.06 bits per heavy atom. The quantitative estimate of drug-likeness (QED) is 0.762. The molecule has 0 radical (unpaired) electrons. The van der Waals surface area contributed by atoms with Crippen molar-refractivity contribution >= 4 is 0 Å². The maximum absolute atomic E-state index is 9.19. The summed E-state index contributed by atoms with van der Waals surface area (Å²) in [4.78, 5) is 0. The highest BCUT2D eigenvalue weighted by atomic mass is 16.5. The number of aryl methyl sites for hydroxylation is 2. The third kappa shape index (κ3) is 4.75. The van der Waals surface area contributed by atoms with Gasteiger partial charge in [-0.2, -0.15) is 0 Å². The van der Waals surface area contributed by atoms with Crippen LogP contribution in [0.1, 0.15) is 24.5 Å². The van der Waals surface area contributed by atoms with Crippen molar-refractivity contribution in [3.8, 4) is 5.75 Å². The van der Waals surface area contributed by atoms with Crippen LogP contribution in [0.15, 0.2) is 18.2 Å². The Morgan fingerprint density at radius 1 is 1.29 bits per heavy atom. The van der Waals surface area contributed by atoms with Gasteiger partial charge < -0.3 is 15.2 Å². The standard InChI is InChI=1S/C14H23NO2/c1-4-7-15-13(9-16)10-17-14-6-5-11(2)12(3)8-14/h5-6,8,13,15-16H,4,7,9-10H2,1-3H3. The lowest BCUT2D eigenvalue weighted by Gasteiger charge is -2.17. The molecule has 1 aromatic carbocycles. The Morgan fingerprint density at radius 3 is 2.65 bits per heavy atom. The summed E-state index contributed by atoms with van der Waals surface area (Å²) >= 11 is 0. The maximum Gasteiger partial charge on any atom is 0.119 e. The highest BCUT2D eigenvalue weighted by Crippen LogP contribution is 2.16. The van der Waals surface area contributed by atoms with Crippen molar-refractivity contribution in [2.45, 2.75) is 33.2 Å². The molecule has 0 amide bonds. The molecule has 3 heteroatoms. The van der Waals surface area contributed by atoms with Crippen molar-refractivity contribution in [1.29, 1.82) is 0 Å². The number of hydrogen-bond donors (Lipinski definition) is 2. The second kappa shape index (κ2) is 7.30. The van der Waals surface area contributed by atoms with Crippen LogP contribution in [0.3, 0.4) is 0 Å². The molecule has 0 spiro atoms. The van der Waals surface area contributed by atoms with Crippen LogP contribution in [0.5, 0.6) is 5.75 Å². The van der Waals surface area contributed by atoms with E-state index in [2.05, 4.69) is 32.2 Å². The first kappa shape index (κ1) is 14.0. The summed E-state index contributed by atoms with van der Waals surface area (Å²) in [5.74, 6) is 0.866. The molecule has 0 saturated heterocycles. The van der Waals surface area contributed by atoms with Crippen molar-refractivity contribution in [2.75, 3.05) is 19.8 Å². The summed E-state index contributed by atoms with van der Waals surface area (Å²) in [6, 6.07) is 6.06. The SMILES string of the molecule is CCCNC(CO)COc1ccc(C)c(C)c1. The number of ether oxygens (including phenoxy) is 1. The summed E-state index contributed by atoms with van der Waals surface area (Å²) in [6.45, 7) is 7.76. The van der Waals surface area contributed by atoms with Gasteiger partial charge in [0, 0.05) is 0 Å². The zero-order chi connectivity index (χ0) is 12.7. The maximum atomic E-state index is 9.19. The molecule has 0 aliphatic heterocycles. The van der Waals surface area contributed by atoms with E-state index in [0.29, 0.717) is 6.61 Å². The van der Waals surface area contributed by atoms with Gasteiger partial charge in [0.15, 0.2) is 0 Å². The van der Waals surface area contributed by atoms with Crippen molar-refractivity contribution in [1.82, 2.24) is 5.32 Å². The average molecular weight is 237 g/mol. The lowest BCUT2D eigenvalue weighted by atomic mass is 10.1. The third-order valence-electron chi connectivity index (χ3n) is 2.83. The smallest absolute Gasteiger partial charge is 0.119 e. The minimum Gasteiger partial charge on any atom is -0.492 e. The lowest BCUT2D eigenvalue weighted by Crippen LogP contribution is -2.38. The van der Waals surface area contributed by atoms with E-state index >= 15 is 0 Å². The number of benzene rings is 1. The van der Waals surface area contributed by atoms with Crippen LogP contribution in [-0.4, -0.2) is 30.9 Å². The number of aliphatic hydroxyl groups is 1. The Labute approximate surface area is 104 Å². The molecule has 1 rings (SSSR count). The number of aliphatic hydroxyl groups excluding tert-OH is 1. The monoisotopic (exact) mass is 237 g/mol. The van der Waals surface area contributed by atoms with Crippen LogP contribution in [0.2, 0.25) is 0 Å². The van der Waals surface area contributed by atoms with Crippen molar-refractivity contribution in [3.05, 3.63) is 29.3 Å². The summed E-state index contributed by atoms with van der Waals surface area (Å²) in [5.41, 5.74) is 2.49. The molecular formula is C14H23NO2. The molecular weight excluding hydrogens is 214 g/mol. The molecule has 1 unspecified atom stereocenters. The van der Waals surface area contributed by atoms with Crippen LogP contribution in [-0.2, 0) is 0 Å². The molecule has 3 nitrogen and oxygen atoms in total. The molecule has 0 aliphatic carbocycles. The van der Waals surface area contributed by atoms with Gasteiger partial charge in [-0.3, -0.25) is 0 Å². The van der Waals surface area contributed by atoms with E-state index in [4.69, 9.17) is 4.74 Å². The number of nitrogens with one attached hydrogen (secondary N) is 1. The molecule has 1 aromatic rings. The van der Waals surface area contributed by atoms with Gasteiger partial charge in [0.2, 0.25) is 0 Å². The molecule has 1 atom stereocenters. The van der Waals surface area contributed by atoms with Gasteiger partial charge >= 0.3 is 0 Å². The van der Waals surface area contributed by atoms with Gasteiger partial charge in [0.25, 0.3) is 0 Å². The van der Waals surface area contributed by atoms with Gasteiger partial charge in [-0.25, -0.2) is 0 Å². The highest BCUT2D eigenvalue weighted by molar-refractivity contribution is 5.33. The van der Waals surface area contributed by atoms with E-state index in [1.54, 1.807) is 0 Å². The summed E-state index contributed by atoms with van der Waals surface area (Å²) in [5, 5.41) is 12.4. The van der Waals surface area contributed by atoms with Crippen molar-refractivity contribution in [2.24, 2.45) is 0 Å². The van der Waals surface area contributed by atoms with Gasteiger partial charge in [0.1, 0.15) is 12.4 Å². The normalized spacial score (nSPS) is 12.5. The fourth-order valence-electron chi connectivity index (χ4n) is 1.53. The molecule has 0 fully saturated rings. The van der Waals surface area contributed by atoms with Crippen molar-refractivity contribution in [3.63, 3.8) is 0 Å². The molecule has 0 heterocycles. The van der Waals surface area contributed by atoms with Gasteiger partial charge in [0.05, 0.1) is 12.6 Å². The first-order valence-corrected chi connectivity index (χ1v) is 6.21. The summed E-state index contributed by atoms with van der Waals surface area (Å²) in [6.07, 6.45) is 1.06. The van der Waals surface area contributed by atoms with Crippen LogP contribution < -0.4 is 10.1 Å². The van der Waals surface area contributed by atoms with Crippen LogP contribution >= 0.6 is 0 Å². The van der Waals surface area contributed by atoms with E-state index in [0.717, 1.165) is 18.7 Å². The van der Waals surface area contributed by atoms with Crippen molar-refractivity contribution < 1.29 is 9.84 Å². The van der Waals surface area contributed by atoms with E-state index in [-0.39, 0.29) is 12.6 Å². The largest absolute Gasteiger partial charge is 0.492 e. The molecule has 0 aliphatic rings. The Hall–Kier alpha value is -1.06. The molecule has 17 heavy (non-hydrogen) atoms. The first-order valence-electron chi connectivity index (χ1n) is 6.21. The van der Waals surface area contributed by atoms with E-state index in [1.807, 2.05) is 12.1 Å². The topological polar surface area (TPSA) is 41.5 Å². The van der Waals surface area contributed by atoms with Gasteiger partial charge in [-0.15, -0.1) is 0 Å². The summed E-state index contributed by atoms with van der Waals surface area (Å²) in [7, 11) is 0. The first-order chi connectivity index (χ1) is 8.17. The van der Waals surface area contributed by atoms with Crippen LogP contribution in [0.25, 0.3) is 0 Å². The zero-order valence-electron chi connectivity index (χ0n) is 11.0. The minimum absolute atomic E-state index is 0.0107. The lowest BCUT2D eigenvalue weighted by molar-refractivity contribution is 0.183. The van der Waals surface area contributed by atoms with E-state index < -0.39 is 0 Å². The van der Waals surface area contributed by atoms with Crippen LogP contribution in [0.4, 0.5) is 0 Å². The third-order valence-corrected chi connectivity index (χ3v) is 2.83. The van der Waals surface area contributed by atoms with E-state index in [1.165, 1.54) is 11.1 Å². The average Bonchev–Trinajstić information content (AvgIpc) is 2.34. The molecule has 0 aromatic heterocycles. The minimum atomic E-state index is 0.0107. The fraction of sp³-hybridized carbons (Fsp3) is 0.571.